The van der Waals surface area contributed by atoms with Crippen molar-refractivity contribution in [1.82, 2.24) is 0 Å². The largest absolute Gasteiger partial charge is 0.472 e. The van der Waals surface area contributed by atoms with Crippen LogP contribution in [0.15, 0.2) is 0 Å². The van der Waals surface area contributed by atoms with Crippen LogP contribution >= 0.6 is 15.6 Å². The van der Waals surface area contributed by atoms with Crippen molar-refractivity contribution >= 4 is 39.5 Å². The Labute approximate surface area is 549 Å². The van der Waals surface area contributed by atoms with Crippen LogP contribution < -0.4 is 0 Å². The van der Waals surface area contributed by atoms with Gasteiger partial charge < -0.3 is 33.8 Å². The first kappa shape index (κ1) is 88.1. The summed E-state index contributed by atoms with van der Waals surface area (Å²) in [5, 5.41) is 10.6. The van der Waals surface area contributed by atoms with E-state index in [4.69, 9.17) is 37.0 Å². The molecule has 0 aliphatic carbocycles. The number of ether oxygens (including phenoxy) is 4. The molecule has 0 fully saturated rings. The van der Waals surface area contributed by atoms with Gasteiger partial charge in [0.05, 0.1) is 26.4 Å². The molecular formula is C71H138O17P2. The van der Waals surface area contributed by atoms with E-state index in [1.54, 1.807) is 0 Å². The third kappa shape index (κ3) is 63.5. The number of carbonyl (C=O) groups is 4. The van der Waals surface area contributed by atoms with E-state index >= 15 is 0 Å². The van der Waals surface area contributed by atoms with Gasteiger partial charge in [0, 0.05) is 25.7 Å². The molecule has 0 aromatic carbocycles. The molecule has 0 saturated heterocycles. The predicted octanol–water partition coefficient (Wildman–Crippen LogP) is 20.2. The number of hydrogen-bond acceptors (Lipinski definition) is 15. The van der Waals surface area contributed by atoms with E-state index in [1.807, 2.05) is 0 Å². The highest BCUT2D eigenvalue weighted by atomic mass is 31.2. The summed E-state index contributed by atoms with van der Waals surface area (Å²) < 4.78 is 68.2. The topological polar surface area (TPSA) is 237 Å². The van der Waals surface area contributed by atoms with Crippen molar-refractivity contribution in [1.29, 1.82) is 0 Å². The van der Waals surface area contributed by atoms with Gasteiger partial charge in [-0.25, -0.2) is 9.13 Å². The van der Waals surface area contributed by atoms with E-state index in [0.717, 1.165) is 120 Å². The van der Waals surface area contributed by atoms with Crippen LogP contribution in [0.4, 0.5) is 0 Å². The highest BCUT2D eigenvalue weighted by Crippen LogP contribution is 2.45. The molecule has 0 heterocycles. The van der Waals surface area contributed by atoms with E-state index in [2.05, 4.69) is 48.5 Å². The Hall–Kier alpha value is -1.94. The molecule has 0 rings (SSSR count). The molecular weight excluding hydrogens is 1190 g/mol. The molecule has 0 bridgehead atoms. The monoisotopic (exact) mass is 1320 g/mol. The first-order valence-electron chi connectivity index (χ1n) is 36.9. The van der Waals surface area contributed by atoms with Crippen molar-refractivity contribution < 1.29 is 80.2 Å². The smallest absolute Gasteiger partial charge is 0.462 e. The summed E-state index contributed by atoms with van der Waals surface area (Å²) in [6.07, 6.45) is 46.2. The Bertz CT molecular complexity index is 1770. The highest BCUT2D eigenvalue weighted by Gasteiger charge is 2.30. The molecule has 0 aromatic rings. The molecule has 534 valence electrons. The lowest BCUT2D eigenvalue weighted by molar-refractivity contribution is -0.161. The van der Waals surface area contributed by atoms with Crippen LogP contribution in [0.5, 0.6) is 0 Å². The van der Waals surface area contributed by atoms with Crippen molar-refractivity contribution in [2.75, 3.05) is 39.6 Å². The Kier molecular flexibility index (Phi) is 60.6. The third-order valence-electron chi connectivity index (χ3n) is 16.7. The van der Waals surface area contributed by atoms with Crippen molar-refractivity contribution in [2.45, 2.75) is 375 Å². The van der Waals surface area contributed by atoms with Crippen LogP contribution in [0.25, 0.3) is 0 Å². The minimum atomic E-state index is -4.95. The average Bonchev–Trinajstić information content (AvgIpc) is 3.62. The molecule has 0 aromatic heterocycles. The van der Waals surface area contributed by atoms with Crippen LogP contribution in [0.2, 0.25) is 0 Å². The van der Waals surface area contributed by atoms with Crippen molar-refractivity contribution in [2.24, 2.45) is 17.8 Å². The number of rotatable bonds is 69. The van der Waals surface area contributed by atoms with Crippen molar-refractivity contribution in [3.8, 4) is 0 Å². The SMILES string of the molecule is CCCCCCCCCC(=O)OC[C@H](COP(=O)(O)OC[C@H](O)COP(=O)(O)OC[C@@H](COC(=O)CCCCCCCCCCCC(C)C)OC(=O)CCCCCCCCCCCCCCCCCCCCC(C)C)OC(=O)CCCCCCCCC(C)CC. The minimum Gasteiger partial charge on any atom is -0.462 e. The van der Waals surface area contributed by atoms with Crippen LogP contribution in [0, 0.1) is 17.8 Å². The van der Waals surface area contributed by atoms with Gasteiger partial charge in [0.2, 0.25) is 0 Å². The first-order valence-corrected chi connectivity index (χ1v) is 39.9. The van der Waals surface area contributed by atoms with Gasteiger partial charge in [0.1, 0.15) is 19.3 Å². The summed E-state index contributed by atoms with van der Waals surface area (Å²) in [6.45, 7) is 11.8. The highest BCUT2D eigenvalue weighted by molar-refractivity contribution is 7.47. The molecule has 17 nitrogen and oxygen atoms in total. The van der Waals surface area contributed by atoms with E-state index < -0.39 is 97.5 Å². The maximum absolute atomic E-state index is 13.0. The zero-order valence-electron chi connectivity index (χ0n) is 58.6. The zero-order valence-corrected chi connectivity index (χ0v) is 60.4. The second kappa shape index (κ2) is 61.9. The lowest BCUT2D eigenvalue weighted by Crippen LogP contribution is -2.30. The minimum absolute atomic E-state index is 0.102. The second-order valence-electron chi connectivity index (χ2n) is 26.8. The van der Waals surface area contributed by atoms with Crippen LogP contribution in [-0.2, 0) is 65.4 Å². The molecule has 19 heteroatoms. The number of carbonyl (C=O) groups excluding carboxylic acids is 4. The average molecular weight is 1330 g/mol. The van der Waals surface area contributed by atoms with Crippen LogP contribution in [-0.4, -0.2) is 96.7 Å². The predicted molar refractivity (Wildman–Crippen MR) is 363 cm³/mol. The Balaban J connectivity index is 5.15. The van der Waals surface area contributed by atoms with E-state index in [-0.39, 0.29) is 25.7 Å². The molecule has 0 radical (unpaired) electrons. The number of aliphatic hydroxyl groups excluding tert-OH is 1. The summed E-state index contributed by atoms with van der Waals surface area (Å²) in [4.78, 5) is 72.4. The Morgan fingerprint density at radius 1 is 0.322 bits per heavy atom. The summed E-state index contributed by atoms with van der Waals surface area (Å²) in [6, 6.07) is 0. The molecule has 6 atom stereocenters. The van der Waals surface area contributed by atoms with Gasteiger partial charge in [-0.1, -0.05) is 305 Å². The van der Waals surface area contributed by atoms with Crippen molar-refractivity contribution in [3.05, 3.63) is 0 Å². The summed E-state index contributed by atoms with van der Waals surface area (Å²) in [7, 11) is -9.90. The zero-order chi connectivity index (χ0) is 66.6. The quantitative estimate of drug-likeness (QED) is 0.0222. The van der Waals surface area contributed by atoms with Crippen LogP contribution in [0.3, 0.4) is 0 Å². The van der Waals surface area contributed by atoms with Crippen molar-refractivity contribution in [3.63, 3.8) is 0 Å². The fourth-order valence-corrected chi connectivity index (χ4v) is 12.3. The molecule has 0 spiro atoms. The number of esters is 4. The number of hydrogen-bond donors (Lipinski definition) is 3. The fourth-order valence-electron chi connectivity index (χ4n) is 10.7. The molecule has 3 unspecified atom stereocenters. The van der Waals surface area contributed by atoms with Gasteiger partial charge in [-0.15, -0.1) is 0 Å². The van der Waals surface area contributed by atoms with Gasteiger partial charge in [-0.3, -0.25) is 37.3 Å². The summed E-state index contributed by atoms with van der Waals surface area (Å²) >= 11 is 0. The molecule has 0 amide bonds. The summed E-state index contributed by atoms with van der Waals surface area (Å²) in [5.41, 5.74) is 0. The van der Waals surface area contributed by atoms with Gasteiger partial charge in [0.15, 0.2) is 12.2 Å². The number of aliphatic hydroxyl groups is 1. The number of unbranched alkanes of at least 4 members (excludes halogenated alkanes) is 36. The maximum Gasteiger partial charge on any atom is 0.472 e. The number of phosphoric ester groups is 2. The maximum atomic E-state index is 13.0. The van der Waals surface area contributed by atoms with E-state index in [9.17, 15) is 43.2 Å². The van der Waals surface area contributed by atoms with Gasteiger partial charge in [-0.2, -0.15) is 0 Å². The molecule has 0 aliphatic heterocycles. The standard InChI is InChI=1S/C71H138O17P2/c1-8-10-11-12-28-38-45-52-68(73)81-58-67(88-71(76)55-48-41-34-33-37-44-51-64(7)9-2)61-86-90(79,80)84-57-65(72)56-83-89(77,78)85-60-66(59-82-69(74)53-46-39-31-27-23-25-30-36-43-50-63(5)6)87-70(75)54-47-40-32-26-22-20-18-16-14-13-15-17-19-21-24-29-35-42-49-62(3)4/h62-67,72H,8-61H2,1-7H3,(H,77,78)(H,79,80)/t64?,65-,66-,67-/m1/s1. The molecule has 90 heavy (non-hydrogen) atoms. The van der Waals surface area contributed by atoms with Crippen LogP contribution in [0.1, 0.15) is 357 Å². The Morgan fingerprint density at radius 3 is 0.844 bits per heavy atom. The van der Waals surface area contributed by atoms with Gasteiger partial charge in [-0.05, 0) is 43.4 Å². The lowest BCUT2D eigenvalue weighted by atomic mass is 10.00. The van der Waals surface area contributed by atoms with E-state index in [0.29, 0.717) is 25.7 Å². The van der Waals surface area contributed by atoms with Gasteiger partial charge in [0.25, 0.3) is 0 Å². The number of phosphoric acid groups is 2. The molecule has 0 saturated carbocycles. The summed E-state index contributed by atoms with van der Waals surface area (Å²) in [5.74, 6) is 0.151. The molecule has 0 aliphatic rings. The first-order chi connectivity index (χ1) is 43.3. The van der Waals surface area contributed by atoms with Gasteiger partial charge >= 0.3 is 39.5 Å². The lowest BCUT2D eigenvalue weighted by Gasteiger charge is -2.21. The third-order valence-corrected chi connectivity index (χ3v) is 18.6. The van der Waals surface area contributed by atoms with E-state index in [1.165, 1.54) is 154 Å². The normalized spacial score (nSPS) is 14.5. The molecule has 3 N–H and O–H groups in total. The second-order valence-corrected chi connectivity index (χ2v) is 29.7. The Morgan fingerprint density at radius 2 is 0.567 bits per heavy atom. The fraction of sp³-hybridized carbons (Fsp3) is 0.944.